The van der Waals surface area contributed by atoms with Crippen LogP contribution < -0.4 is 5.73 Å². The molecule has 1 aromatic rings. The molecule has 2 N–H and O–H groups in total. The Kier molecular flexibility index (Phi) is 8.92. The summed E-state index contributed by atoms with van der Waals surface area (Å²) in [6, 6.07) is 4.32. The van der Waals surface area contributed by atoms with Crippen LogP contribution in [0, 0.1) is 28.6 Å². The highest BCUT2D eigenvalue weighted by Gasteiger charge is 2.62. The van der Waals surface area contributed by atoms with Gasteiger partial charge in [-0.2, -0.15) is 0 Å². The quantitative estimate of drug-likeness (QED) is 0.216. The molecule has 1 heterocycles. The number of hydrogen-bond acceptors (Lipinski definition) is 2. The first-order valence-corrected chi connectivity index (χ1v) is 16.6. The smallest absolute Gasteiger partial charge is 0.0343 e. The SMILES string of the molecule is C=C(CCCCCCCCC)CC[C@H]1CC[C@@]2(C)C(=CCC3(N)[C@@H]2CC[C@]2(C)C(c4cccnc4)=CC[C@@H]32)C1. The van der Waals surface area contributed by atoms with E-state index >= 15 is 0 Å². The van der Waals surface area contributed by atoms with Gasteiger partial charge in [0.1, 0.15) is 0 Å². The molecular weight excluding hydrogens is 472 g/mol. The van der Waals surface area contributed by atoms with E-state index in [0.717, 1.165) is 18.8 Å². The van der Waals surface area contributed by atoms with Gasteiger partial charge in [-0.25, -0.2) is 0 Å². The van der Waals surface area contributed by atoms with E-state index in [0.29, 0.717) is 11.8 Å². The Hall–Kier alpha value is -1.67. The summed E-state index contributed by atoms with van der Waals surface area (Å²) in [5.74, 6) is 1.97. The molecule has 2 saturated carbocycles. The van der Waals surface area contributed by atoms with Crippen molar-refractivity contribution >= 4 is 5.57 Å². The molecule has 1 aromatic heterocycles. The number of fused-ring (bicyclic) bond motifs is 5. The van der Waals surface area contributed by atoms with Crippen molar-refractivity contribution in [3.63, 3.8) is 0 Å². The Morgan fingerprint density at radius 3 is 2.51 bits per heavy atom. The zero-order chi connectivity index (χ0) is 27.5. The highest BCUT2D eigenvalue weighted by Crippen LogP contribution is 2.67. The van der Waals surface area contributed by atoms with Gasteiger partial charge in [0.2, 0.25) is 0 Å². The minimum Gasteiger partial charge on any atom is -0.324 e. The van der Waals surface area contributed by atoms with Gasteiger partial charge in [0.05, 0.1) is 0 Å². The third kappa shape index (κ3) is 5.61. The molecule has 2 heteroatoms. The number of hydrogen-bond donors (Lipinski definition) is 1. The number of aromatic nitrogens is 1. The fourth-order valence-corrected chi connectivity index (χ4v) is 9.60. The van der Waals surface area contributed by atoms with E-state index in [1.54, 1.807) is 5.57 Å². The Balaban J connectivity index is 1.16. The van der Waals surface area contributed by atoms with Gasteiger partial charge >= 0.3 is 0 Å². The van der Waals surface area contributed by atoms with E-state index in [-0.39, 0.29) is 16.4 Å². The van der Waals surface area contributed by atoms with Crippen molar-refractivity contribution in [3.8, 4) is 0 Å². The third-order valence-electron chi connectivity index (χ3n) is 12.0. The average molecular weight is 529 g/mol. The number of allylic oxidation sites excluding steroid dienone is 4. The molecule has 6 atom stereocenters. The molecule has 214 valence electrons. The minimum absolute atomic E-state index is 0.0939. The summed E-state index contributed by atoms with van der Waals surface area (Å²) < 4.78 is 0. The Morgan fingerprint density at radius 1 is 0.974 bits per heavy atom. The maximum Gasteiger partial charge on any atom is 0.0343 e. The van der Waals surface area contributed by atoms with Crippen LogP contribution in [0.5, 0.6) is 0 Å². The monoisotopic (exact) mass is 528 g/mol. The van der Waals surface area contributed by atoms with Crippen LogP contribution in [0.2, 0.25) is 0 Å². The zero-order valence-corrected chi connectivity index (χ0v) is 25.4. The van der Waals surface area contributed by atoms with Crippen molar-refractivity contribution < 1.29 is 0 Å². The first-order valence-electron chi connectivity index (χ1n) is 16.6. The number of unbranched alkanes of at least 4 members (excludes halogenated alkanes) is 6. The highest BCUT2D eigenvalue weighted by atomic mass is 14.9. The molecule has 39 heavy (non-hydrogen) atoms. The zero-order valence-electron chi connectivity index (χ0n) is 25.4. The summed E-state index contributed by atoms with van der Waals surface area (Å²) in [5, 5.41) is 0. The maximum atomic E-state index is 7.59. The van der Waals surface area contributed by atoms with Crippen LogP contribution in [0.25, 0.3) is 5.57 Å². The summed E-state index contributed by atoms with van der Waals surface area (Å²) in [6.07, 6.45) is 31.3. The molecule has 0 radical (unpaired) electrons. The molecule has 2 nitrogen and oxygen atoms in total. The van der Waals surface area contributed by atoms with E-state index in [2.05, 4.69) is 62.8 Å². The van der Waals surface area contributed by atoms with Crippen molar-refractivity contribution in [1.82, 2.24) is 4.98 Å². The summed E-state index contributed by atoms with van der Waals surface area (Å²) in [5.41, 5.74) is 14.0. The Bertz CT molecular complexity index is 1050. The van der Waals surface area contributed by atoms with E-state index in [4.69, 9.17) is 5.73 Å². The fraction of sp³-hybridized carbons (Fsp3) is 0.703. The van der Waals surface area contributed by atoms with Crippen molar-refractivity contribution in [1.29, 1.82) is 0 Å². The van der Waals surface area contributed by atoms with Crippen molar-refractivity contribution in [3.05, 3.63) is 60.0 Å². The summed E-state index contributed by atoms with van der Waals surface area (Å²) in [7, 11) is 0. The lowest BCUT2D eigenvalue weighted by Gasteiger charge is -2.63. The second kappa shape index (κ2) is 12.1. The summed E-state index contributed by atoms with van der Waals surface area (Å²) in [6.45, 7) is 11.9. The second-order valence-electron chi connectivity index (χ2n) is 14.4. The van der Waals surface area contributed by atoms with Crippen LogP contribution in [0.3, 0.4) is 0 Å². The van der Waals surface area contributed by atoms with Gasteiger partial charge in [-0.3, -0.25) is 4.98 Å². The van der Waals surface area contributed by atoms with Crippen LogP contribution in [-0.4, -0.2) is 10.5 Å². The van der Waals surface area contributed by atoms with E-state index in [9.17, 15) is 0 Å². The predicted molar refractivity (Wildman–Crippen MR) is 167 cm³/mol. The van der Waals surface area contributed by atoms with E-state index in [1.165, 1.54) is 113 Å². The van der Waals surface area contributed by atoms with Crippen molar-refractivity contribution in [2.75, 3.05) is 0 Å². The molecule has 2 fully saturated rings. The molecular formula is C37H56N2. The first kappa shape index (κ1) is 28.8. The Morgan fingerprint density at radius 2 is 1.74 bits per heavy atom. The minimum atomic E-state index is -0.0939. The number of rotatable bonds is 12. The van der Waals surface area contributed by atoms with Crippen molar-refractivity contribution in [2.45, 2.75) is 135 Å². The van der Waals surface area contributed by atoms with Gasteiger partial charge in [0, 0.05) is 17.9 Å². The summed E-state index contributed by atoms with van der Waals surface area (Å²) >= 11 is 0. The van der Waals surface area contributed by atoms with Gasteiger partial charge < -0.3 is 5.73 Å². The molecule has 0 aliphatic heterocycles. The first-order chi connectivity index (χ1) is 18.8. The molecule has 0 saturated heterocycles. The Labute approximate surface area is 240 Å². The van der Waals surface area contributed by atoms with Crippen LogP contribution in [0.4, 0.5) is 0 Å². The number of nitrogens with two attached hydrogens (primary N) is 1. The number of pyridine rings is 1. The molecule has 0 bridgehead atoms. The average Bonchev–Trinajstić information content (AvgIpc) is 3.30. The lowest BCUT2D eigenvalue weighted by atomic mass is 9.44. The third-order valence-corrected chi connectivity index (χ3v) is 12.0. The molecule has 0 spiro atoms. The van der Waals surface area contributed by atoms with Gasteiger partial charge in [-0.1, -0.05) is 95.2 Å². The van der Waals surface area contributed by atoms with E-state index in [1.807, 2.05) is 6.20 Å². The molecule has 4 aliphatic carbocycles. The van der Waals surface area contributed by atoms with Crippen LogP contribution >= 0.6 is 0 Å². The predicted octanol–water partition coefficient (Wildman–Crippen LogP) is 10.2. The van der Waals surface area contributed by atoms with Crippen LogP contribution in [0.1, 0.15) is 135 Å². The largest absolute Gasteiger partial charge is 0.324 e. The lowest BCUT2D eigenvalue weighted by molar-refractivity contribution is -0.0363. The molecule has 5 rings (SSSR count). The molecule has 4 aliphatic rings. The topological polar surface area (TPSA) is 38.9 Å². The molecule has 0 amide bonds. The van der Waals surface area contributed by atoms with Gasteiger partial charge in [0.15, 0.2) is 0 Å². The second-order valence-corrected chi connectivity index (χ2v) is 14.4. The number of nitrogens with zero attached hydrogens (tertiary/aromatic N) is 1. The molecule has 0 aromatic carbocycles. The maximum absolute atomic E-state index is 7.59. The normalized spacial score (nSPS) is 35.4. The van der Waals surface area contributed by atoms with Gasteiger partial charge in [0.25, 0.3) is 0 Å². The summed E-state index contributed by atoms with van der Waals surface area (Å²) in [4.78, 5) is 4.44. The van der Waals surface area contributed by atoms with Crippen molar-refractivity contribution in [2.24, 2.45) is 34.3 Å². The molecule has 1 unspecified atom stereocenters. The van der Waals surface area contributed by atoms with Gasteiger partial charge in [-0.15, -0.1) is 0 Å². The van der Waals surface area contributed by atoms with Gasteiger partial charge in [-0.05, 0) is 116 Å². The van der Waals surface area contributed by atoms with Crippen LogP contribution in [-0.2, 0) is 0 Å². The highest BCUT2D eigenvalue weighted by molar-refractivity contribution is 5.73. The standard InChI is InChI=1S/C37H56N2/c1-5-6-7-8-9-10-11-13-28(2)15-16-29-19-22-35(3)31(26-29)20-24-37(38)33-18-17-32(30-14-12-25-39-27-30)36(33,4)23-21-34(35)37/h12,14,17,20,25,27,29,33-34H,2,5-11,13,15-16,18-19,21-24,26,38H2,1,3-4H3/t29-,33+,34+,35-,36+,37?/m0/s1. The lowest BCUT2D eigenvalue weighted by Crippen LogP contribution is -2.65. The fourth-order valence-electron chi connectivity index (χ4n) is 9.60. The van der Waals surface area contributed by atoms with E-state index < -0.39 is 0 Å². The van der Waals surface area contributed by atoms with Crippen LogP contribution in [0.15, 0.2) is 54.4 Å².